The fourth-order valence-corrected chi connectivity index (χ4v) is 2.82. The van der Waals surface area contributed by atoms with Crippen LogP contribution in [0.1, 0.15) is 18.9 Å². The summed E-state index contributed by atoms with van der Waals surface area (Å²) in [5.74, 6) is 0.0881. The summed E-state index contributed by atoms with van der Waals surface area (Å²) in [5, 5.41) is 2.88. The van der Waals surface area contributed by atoms with Gasteiger partial charge in [0, 0.05) is 20.1 Å². The topological polar surface area (TPSA) is 67.9 Å². The Bertz CT molecular complexity index is 588. The standard InChI is InChI=1S/C17H24N2O4/c1-11-5-6-15(23-4)14(7-11)18-17(21)13-8-16(20)19(9-13)12(2)10-22-3/h5-7,12-13H,8-10H2,1-4H3,(H,18,21)/t12-,13+/m1/s1. The van der Waals surface area contributed by atoms with Crippen LogP contribution in [0.25, 0.3) is 0 Å². The molecular formula is C17H24N2O4. The molecule has 0 radical (unpaired) electrons. The first kappa shape index (κ1) is 17.3. The van der Waals surface area contributed by atoms with E-state index in [2.05, 4.69) is 5.32 Å². The molecule has 1 fully saturated rings. The quantitative estimate of drug-likeness (QED) is 0.868. The van der Waals surface area contributed by atoms with Crippen LogP contribution in [0.15, 0.2) is 18.2 Å². The molecule has 0 saturated carbocycles. The van der Waals surface area contributed by atoms with Crippen molar-refractivity contribution < 1.29 is 19.1 Å². The zero-order valence-electron chi connectivity index (χ0n) is 14.1. The van der Waals surface area contributed by atoms with E-state index in [1.165, 1.54) is 0 Å². The average Bonchev–Trinajstić information content (AvgIpc) is 2.90. The number of amides is 2. The van der Waals surface area contributed by atoms with Gasteiger partial charge in [-0.2, -0.15) is 0 Å². The molecule has 23 heavy (non-hydrogen) atoms. The van der Waals surface area contributed by atoms with Gasteiger partial charge in [-0.15, -0.1) is 0 Å². The number of benzene rings is 1. The predicted molar refractivity (Wildman–Crippen MR) is 87.5 cm³/mol. The van der Waals surface area contributed by atoms with E-state index in [1.807, 2.05) is 32.0 Å². The molecule has 1 heterocycles. The Balaban J connectivity index is 2.05. The van der Waals surface area contributed by atoms with E-state index < -0.39 is 0 Å². The lowest BCUT2D eigenvalue weighted by Gasteiger charge is -2.24. The van der Waals surface area contributed by atoms with E-state index in [9.17, 15) is 9.59 Å². The lowest BCUT2D eigenvalue weighted by atomic mass is 10.1. The minimum atomic E-state index is -0.355. The Morgan fingerprint density at radius 2 is 2.17 bits per heavy atom. The van der Waals surface area contributed by atoms with Crippen LogP contribution in [0.2, 0.25) is 0 Å². The third kappa shape index (κ3) is 4.01. The highest BCUT2D eigenvalue weighted by atomic mass is 16.5. The van der Waals surface area contributed by atoms with Gasteiger partial charge in [0.15, 0.2) is 0 Å². The maximum atomic E-state index is 12.5. The number of aryl methyl sites for hydroxylation is 1. The summed E-state index contributed by atoms with van der Waals surface area (Å²) in [6.07, 6.45) is 0.230. The molecule has 2 rings (SSSR count). The van der Waals surface area contributed by atoms with Crippen molar-refractivity contribution in [2.75, 3.05) is 32.7 Å². The second-order valence-electron chi connectivity index (χ2n) is 5.94. The molecule has 1 saturated heterocycles. The maximum absolute atomic E-state index is 12.5. The first-order valence-electron chi connectivity index (χ1n) is 7.70. The third-order valence-corrected chi connectivity index (χ3v) is 4.08. The zero-order valence-corrected chi connectivity index (χ0v) is 14.1. The van der Waals surface area contributed by atoms with Gasteiger partial charge in [-0.05, 0) is 31.5 Å². The van der Waals surface area contributed by atoms with Crippen molar-refractivity contribution in [2.24, 2.45) is 5.92 Å². The van der Waals surface area contributed by atoms with Crippen molar-refractivity contribution in [3.05, 3.63) is 23.8 Å². The van der Waals surface area contributed by atoms with Crippen molar-refractivity contribution in [3.8, 4) is 5.75 Å². The number of carbonyl (C=O) groups excluding carboxylic acids is 2. The van der Waals surface area contributed by atoms with Crippen LogP contribution in [-0.2, 0) is 14.3 Å². The SMILES string of the molecule is COC[C@@H](C)N1C[C@@H](C(=O)Nc2cc(C)ccc2OC)CC1=O. The molecule has 0 aliphatic carbocycles. The second kappa shape index (κ2) is 7.46. The normalized spacial score (nSPS) is 18.9. The first-order chi connectivity index (χ1) is 11.0. The summed E-state index contributed by atoms with van der Waals surface area (Å²) < 4.78 is 10.4. The number of methoxy groups -OCH3 is 2. The highest BCUT2D eigenvalue weighted by Crippen LogP contribution is 2.27. The van der Waals surface area contributed by atoms with Gasteiger partial charge >= 0.3 is 0 Å². The highest BCUT2D eigenvalue weighted by Gasteiger charge is 2.36. The fourth-order valence-electron chi connectivity index (χ4n) is 2.82. The minimum Gasteiger partial charge on any atom is -0.495 e. The van der Waals surface area contributed by atoms with Crippen LogP contribution in [0.3, 0.4) is 0 Å². The summed E-state index contributed by atoms with van der Waals surface area (Å²) in [6.45, 7) is 4.75. The molecule has 1 aromatic carbocycles. The predicted octanol–water partition coefficient (Wildman–Crippen LogP) is 1.83. The minimum absolute atomic E-state index is 0.00842. The zero-order chi connectivity index (χ0) is 17.0. The Labute approximate surface area is 136 Å². The Morgan fingerprint density at radius 3 is 2.83 bits per heavy atom. The second-order valence-corrected chi connectivity index (χ2v) is 5.94. The molecule has 2 atom stereocenters. The van der Waals surface area contributed by atoms with Gasteiger partial charge in [0.1, 0.15) is 5.75 Å². The number of likely N-dealkylation sites (tertiary alicyclic amines) is 1. The van der Waals surface area contributed by atoms with Crippen LogP contribution >= 0.6 is 0 Å². The molecule has 1 aromatic rings. The first-order valence-corrected chi connectivity index (χ1v) is 7.70. The van der Waals surface area contributed by atoms with Gasteiger partial charge in [-0.1, -0.05) is 6.07 Å². The van der Waals surface area contributed by atoms with Crippen LogP contribution < -0.4 is 10.1 Å². The van der Waals surface area contributed by atoms with E-state index >= 15 is 0 Å². The molecule has 6 heteroatoms. The number of carbonyl (C=O) groups is 2. The van der Waals surface area contributed by atoms with Gasteiger partial charge in [-0.25, -0.2) is 0 Å². The average molecular weight is 320 g/mol. The molecule has 0 aromatic heterocycles. The molecule has 2 amide bonds. The van der Waals surface area contributed by atoms with Crippen molar-refractivity contribution in [1.29, 1.82) is 0 Å². The van der Waals surface area contributed by atoms with Gasteiger partial charge in [0.2, 0.25) is 11.8 Å². The van der Waals surface area contributed by atoms with Crippen molar-refractivity contribution >= 4 is 17.5 Å². The number of hydrogen-bond donors (Lipinski definition) is 1. The van der Waals surface area contributed by atoms with Crippen molar-refractivity contribution in [3.63, 3.8) is 0 Å². The summed E-state index contributed by atoms with van der Waals surface area (Å²) in [7, 11) is 3.17. The number of anilines is 1. The molecule has 0 spiro atoms. The van der Waals surface area contributed by atoms with Gasteiger partial charge in [0.25, 0.3) is 0 Å². The third-order valence-electron chi connectivity index (χ3n) is 4.08. The number of rotatable bonds is 6. The van der Waals surface area contributed by atoms with Gasteiger partial charge < -0.3 is 19.7 Å². The number of ether oxygens (including phenoxy) is 2. The lowest BCUT2D eigenvalue weighted by Crippen LogP contribution is -2.38. The molecule has 0 unspecified atom stereocenters. The van der Waals surface area contributed by atoms with E-state index in [4.69, 9.17) is 9.47 Å². The Kier molecular flexibility index (Phi) is 5.60. The molecule has 1 aliphatic heterocycles. The Morgan fingerprint density at radius 1 is 1.43 bits per heavy atom. The summed E-state index contributed by atoms with van der Waals surface area (Å²) in [4.78, 5) is 26.3. The maximum Gasteiger partial charge on any atom is 0.229 e. The molecule has 6 nitrogen and oxygen atoms in total. The van der Waals surface area contributed by atoms with E-state index in [0.29, 0.717) is 24.6 Å². The highest BCUT2D eigenvalue weighted by molar-refractivity contribution is 5.98. The van der Waals surface area contributed by atoms with Gasteiger partial charge in [-0.3, -0.25) is 9.59 Å². The Hall–Kier alpha value is -2.08. The number of nitrogens with zero attached hydrogens (tertiary/aromatic N) is 1. The largest absolute Gasteiger partial charge is 0.495 e. The van der Waals surface area contributed by atoms with E-state index in [-0.39, 0.29) is 30.2 Å². The van der Waals surface area contributed by atoms with Crippen molar-refractivity contribution in [1.82, 2.24) is 4.90 Å². The smallest absolute Gasteiger partial charge is 0.229 e. The molecular weight excluding hydrogens is 296 g/mol. The van der Waals surface area contributed by atoms with Gasteiger partial charge in [0.05, 0.1) is 31.4 Å². The van der Waals surface area contributed by atoms with Crippen LogP contribution in [0.5, 0.6) is 5.75 Å². The monoisotopic (exact) mass is 320 g/mol. The summed E-state index contributed by atoms with van der Waals surface area (Å²) >= 11 is 0. The molecule has 1 aliphatic rings. The van der Waals surface area contributed by atoms with Crippen molar-refractivity contribution in [2.45, 2.75) is 26.3 Å². The van der Waals surface area contributed by atoms with E-state index in [1.54, 1.807) is 19.1 Å². The van der Waals surface area contributed by atoms with E-state index in [0.717, 1.165) is 5.56 Å². The van der Waals surface area contributed by atoms with Crippen LogP contribution in [-0.4, -0.2) is 50.1 Å². The number of hydrogen-bond acceptors (Lipinski definition) is 4. The van der Waals surface area contributed by atoms with Crippen LogP contribution in [0, 0.1) is 12.8 Å². The lowest BCUT2D eigenvalue weighted by molar-refractivity contribution is -0.130. The number of nitrogens with one attached hydrogen (secondary N) is 1. The molecule has 1 N–H and O–H groups in total. The molecule has 0 bridgehead atoms. The summed E-state index contributed by atoms with van der Waals surface area (Å²) in [6, 6.07) is 5.57. The molecule has 126 valence electrons. The van der Waals surface area contributed by atoms with Crippen LogP contribution in [0.4, 0.5) is 5.69 Å². The fraction of sp³-hybridized carbons (Fsp3) is 0.529. The summed E-state index contributed by atoms with van der Waals surface area (Å²) in [5.41, 5.74) is 1.66.